The van der Waals surface area contributed by atoms with E-state index in [0.29, 0.717) is 17.4 Å². The quantitative estimate of drug-likeness (QED) is 0.736. The highest BCUT2D eigenvalue weighted by atomic mass is 35.5. The Labute approximate surface area is 76.2 Å². The first-order chi connectivity index (χ1) is 5.74. The third-order valence-corrected chi connectivity index (χ3v) is 1.68. The zero-order chi connectivity index (χ0) is 8.97. The van der Waals surface area contributed by atoms with Gasteiger partial charge in [-0.15, -0.1) is 0 Å². The van der Waals surface area contributed by atoms with Crippen LogP contribution in [0.25, 0.3) is 0 Å². The average Bonchev–Trinajstić information content (AvgIpc) is 2.09. The van der Waals surface area contributed by atoms with Gasteiger partial charge in [-0.3, -0.25) is 0 Å². The molecule has 0 aliphatic carbocycles. The molecule has 0 saturated carbocycles. The largest absolute Gasteiger partial charge is 0.365 e. The van der Waals surface area contributed by atoms with Crippen LogP contribution in [-0.2, 0) is 0 Å². The molecule has 12 heavy (non-hydrogen) atoms. The molecule has 0 amide bonds. The van der Waals surface area contributed by atoms with E-state index in [-0.39, 0.29) is 6.04 Å². The summed E-state index contributed by atoms with van der Waals surface area (Å²) in [6.07, 6.45) is 2.98. The summed E-state index contributed by atoms with van der Waals surface area (Å²) in [7, 11) is 0. The molecule has 1 heterocycles. The Morgan fingerprint density at radius 2 is 2.50 bits per heavy atom. The number of aromatic nitrogens is 2. The van der Waals surface area contributed by atoms with E-state index in [0.717, 1.165) is 0 Å². The van der Waals surface area contributed by atoms with Gasteiger partial charge in [0.2, 0.25) is 0 Å². The first-order valence-corrected chi connectivity index (χ1v) is 4.04. The molecule has 1 aromatic heterocycles. The molecule has 0 aliphatic heterocycles. The predicted molar refractivity (Wildman–Crippen MR) is 49.2 cm³/mol. The van der Waals surface area contributed by atoms with E-state index in [4.69, 9.17) is 17.3 Å². The fourth-order valence-corrected chi connectivity index (χ4v) is 0.871. The Balaban J connectivity index is 2.69. The van der Waals surface area contributed by atoms with Crippen LogP contribution in [-0.4, -0.2) is 22.6 Å². The van der Waals surface area contributed by atoms with Gasteiger partial charge in [-0.2, -0.15) is 0 Å². The summed E-state index contributed by atoms with van der Waals surface area (Å²) in [5.74, 6) is 0.629. The molecular weight excluding hydrogens is 176 g/mol. The van der Waals surface area contributed by atoms with E-state index in [1.165, 1.54) is 6.33 Å². The minimum absolute atomic E-state index is 0.164. The number of nitrogens with zero attached hydrogens (tertiary/aromatic N) is 2. The molecule has 1 rings (SSSR count). The molecule has 0 spiro atoms. The average molecular weight is 187 g/mol. The van der Waals surface area contributed by atoms with Gasteiger partial charge in [-0.1, -0.05) is 11.6 Å². The van der Waals surface area contributed by atoms with E-state index in [1.54, 1.807) is 6.20 Å². The maximum atomic E-state index is 5.80. The van der Waals surface area contributed by atoms with E-state index in [9.17, 15) is 0 Å². The van der Waals surface area contributed by atoms with Gasteiger partial charge < -0.3 is 11.1 Å². The van der Waals surface area contributed by atoms with Crippen molar-refractivity contribution in [1.29, 1.82) is 0 Å². The molecule has 0 bridgehead atoms. The van der Waals surface area contributed by atoms with Gasteiger partial charge >= 0.3 is 0 Å². The van der Waals surface area contributed by atoms with Crippen molar-refractivity contribution in [3.63, 3.8) is 0 Å². The number of hydrogen-bond donors (Lipinski definition) is 2. The molecule has 0 fully saturated rings. The molecule has 3 N–H and O–H groups in total. The third kappa shape index (κ3) is 2.32. The minimum atomic E-state index is 0.164. The zero-order valence-electron chi connectivity index (χ0n) is 6.79. The van der Waals surface area contributed by atoms with Gasteiger partial charge in [0.1, 0.15) is 17.2 Å². The predicted octanol–water partition coefficient (Wildman–Crippen LogP) is 0.889. The number of nitrogens with one attached hydrogen (secondary N) is 1. The van der Waals surface area contributed by atoms with E-state index >= 15 is 0 Å². The Kier molecular flexibility index (Phi) is 3.25. The van der Waals surface area contributed by atoms with Crippen LogP contribution in [0, 0.1) is 0 Å². The van der Waals surface area contributed by atoms with E-state index < -0.39 is 0 Å². The van der Waals surface area contributed by atoms with Crippen LogP contribution in [0.5, 0.6) is 0 Å². The molecule has 4 nitrogen and oxygen atoms in total. The van der Waals surface area contributed by atoms with Crippen LogP contribution in [0.2, 0.25) is 5.02 Å². The van der Waals surface area contributed by atoms with Crippen LogP contribution in [0.15, 0.2) is 12.5 Å². The number of hydrogen-bond acceptors (Lipinski definition) is 4. The van der Waals surface area contributed by atoms with Gasteiger partial charge in [0.15, 0.2) is 0 Å². The highest BCUT2D eigenvalue weighted by molar-refractivity contribution is 6.32. The normalized spacial score (nSPS) is 12.6. The monoisotopic (exact) mass is 186 g/mol. The summed E-state index contributed by atoms with van der Waals surface area (Å²) in [6.45, 7) is 2.50. The standard InChI is InChI=1S/C7H11ClN4/c1-5(2-9)12-7-6(8)3-10-4-11-7/h3-5H,2,9H2,1H3,(H,10,11,12). The van der Waals surface area contributed by atoms with Crippen LogP contribution in [0.3, 0.4) is 0 Å². The Bertz CT molecular complexity index is 253. The van der Waals surface area contributed by atoms with Gasteiger partial charge in [-0.05, 0) is 6.92 Å². The molecule has 66 valence electrons. The van der Waals surface area contributed by atoms with Crippen LogP contribution < -0.4 is 11.1 Å². The summed E-state index contributed by atoms with van der Waals surface area (Å²) in [5, 5.41) is 3.56. The van der Waals surface area contributed by atoms with Crippen LogP contribution >= 0.6 is 11.6 Å². The first-order valence-electron chi connectivity index (χ1n) is 3.66. The summed E-state index contributed by atoms with van der Waals surface area (Å²) >= 11 is 5.80. The molecule has 1 aromatic rings. The highest BCUT2D eigenvalue weighted by Gasteiger charge is 2.03. The van der Waals surface area contributed by atoms with Crippen molar-refractivity contribution in [2.45, 2.75) is 13.0 Å². The second-order valence-corrected chi connectivity index (χ2v) is 2.91. The molecule has 0 aliphatic rings. The van der Waals surface area contributed by atoms with E-state index in [1.807, 2.05) is 6.92 Å². The number of nitrogens with two attached hydrogens (primary N) is 1. The first kappa shape index (κ1) is 9.22. The minimum Gasteiger partial charge on any atom is -0.365 e. The number of halogens is 1. The summed E-state index contributed by atoms with van der Waals surface area (Å²) in [4.78, 5) is 7.72. The molecule has 0 radical (unpaired) electrons. The van der Waals surface area contributed by atoms with Crippen molar-refractivity contribution < 1.29 is 0 Å². The van der Waals surface area contributed by atoms with Crippen LogP contribution in [0.4, 0.5) is 5.82 Å². The van der Waals surface area contributed by atoms with Crippen molar-refractivity contribution in [1.82, 2.24) is 9.97 Å². The SMILES string of the molecule is CC(CN)Nc1ncncc1Cl. The Morgan fingerprint density at radius 1 is 1.75 bits per heavy atom. The number of rotatable bonds is 3. The van der Waals surface area contributed by atoms with Gasteiger partial charge in [-0.25, -0.2) is 9.97 Å². The molecule has 0 saturated heterocycles. The maximum absolute atomic E-state index is 5.80. The van der Waals surface area contributed by atoms with Gasteiger partial charge in [0, 0.05) is 12.6 Å². The van der Waals surface area contributed by atoms with Crippen molar-refractivity contribution in [2.75, 3.05) is 11.9 Å². The topological polar surface area (TPSA) is 63.8 Å². The fraction of sp³-hybridized carbons (Fsp3) is 0.429. The van der Waals surface area contributed by atoms with Crippen molar-refractivity contribution in [3.05, 3.63) is 17.5 Å². The smallest absolute Gasteiger partial charge is 0.148 e. The van der Waals surface area contributed by atoms with Crippen molar-refractivity contribution >= 4 is 17.4 Å². The maximum Gasteiger partial charge on any atom is 0.148 e. The molecule has 1 atom stereocenters. The van der Waals surface area contributed by atoms with Crippen LogP contribution in [0.1, 0.15) is 6.92 Å². The molecule has 5 heteroatoms. The van der Waals surface area contributed by atoms with Crippen molar-refractivity contribution in [3.8, 4) is 0 Å². The lowest BCUT2D eigenvalue weighted by atomic mass is 10.3. The fourth-order valence-electron chi connectivity index (χ4n) is 0.711. The summed E-state index contributed by atoms with van der Waals surface area (Å²) in [6, 6.07) is 0.164. The van der Waals surface area contributed by atoms with Gasteiger partial charge in [0.25, 0.3) is 0 Å². The Morgan fingerprint density at radius 3 is 3.08 bits per heavy atom. The third-order valence-electron chi connectivity index (χ3n) is 1.40. The molecular formula is C7H11ClN4. The van der Waals surface area contributed by atoms with Crippen molar-refractivity contribution in [2.24, 2.45) is 5.73 Å². The lowest BCUT2D eigenvalue weighted by Gasteiger charge is -2.11. The summed E-state index contributed by atoms with van der Waals surface area (Å²) in [5.41, 5.74) is 5.42. The summed E-state index contributed by atoms with van der Waals surface area (Å²) < 4.78 is 0. The Hall–Kier alpha value is -0.870. The zero-order valence-corrected chi connectivity index (χ0v) is 7.54. The lowest BCUT2D eigenvalue weighted by molar-refractivity contribution is 0.797. The number of anilines is 1. The lowest BCUT2D eigenvalue weighted by Crippen LogP contribution is -2.25. The van der Waals surface area contributed by atoms with E-state index in [2.05, 4.69) is 15.3 Å². The second-order valence-electron chi connectivity index (χ2n) is 2.50. The molecule has 0 aromatic carbocycles. The van der Waals surface area contributed by atoms with Gasteiger partial charge in [0.05, 0.1) is 6.20 Å². The highest BCUT2D eigenvalue weighted by Crippen LogP contribution is 2.16. The second kappa shape index (κ2) is 4.23. The molecule has 1 unspecified atom stereocenters.